The van der Waals surface area contributed by atoms with Crippen molar-refractivity contribution in [2.24, 2.45) is 5.10 Å². The van der Waals surface area contributed by atoms with E-state index in [-0.39, 0.29) is 0 Å². The Hall–Kier alpha value is -1.46. The molecule has 76 valence electrons. The summed E-state index contributed by atoms with van der Waals surface area (Å²) in [6.07, 6.45) is 1.64. The predicted octanol–water partition coefficient (Wildman–Crippen LogP) is 2.64. The molecule has 0 bridgehead atoms. The van der Waals surface area contributed by atoms with Crippen LogP contribution in [-0.2, 0) is 0 Å². The number of rotatable bonds is 3. The normalized spacial score (nSPS) is 10.7. The van der Waals surface area contributed by atoms with Crippen molar-refractivity contribution in [1.82, 2.24) is 10.2 Å². The molecule has 0 radical (unpaired) electrons. The Kier molecular flexibility index (Phi) is 3.26. The molecule has 0 spiro atoms. The summed E-state index contributed by atoms with van der Waals surface area (Å²) in [4.78, 5) is 0. The number of nitrogens with one attached hydrogen (secondary N) is 1. The topological polar surface area (TPSA) is 50.2 Å². The second-order valence-corrected chi connectivity index (χ2v) is 3.88. The van der Waals surface area contributed by atoms with Crippen LogP contribution in [0.15, 0.2) is 34.9 Å². The SMILES string of the molecule is Clc1ccccc1/C=N/Nc1nncs1. The van der Waals surface area contributed by atoms with Gasteiger partial charge >= 0.3 is 0 Å². The molecule has 0 aliphatic heterocycles. The molecule has 1 aromatic carbocycles. The Morgan fingerprint density at radius 3 is 3.00 bits per heavy atom. The zero-order valence-electron chi connectivity index (χ0n) is 7.59. The van der Waals surface area contributed by atoms with E-state index in [9.17, 15) is 0 Å². The summed E-state index contributed by atoms with van der Waals surface area (Å²) in [6, 6.07) is 7.47. The first kappa shape index (κ1) is 10.1. The summed E-state index contributed by atoms with van der Waals surface area (Å²) in [5.41, 5.74) is 5.25. The predicted molar refractivity (Wildman–Crippen MR) is 62.6 cm³/mol. The highest BCUT2D eigenvalue weighted by Crippen LogP contribution is 2.13. The first-order valence-electron chi connectivity index (χ1n) is 4.16. The fourth-order valence-corrected chi connectivity index (χ4v) is 1.54. The molecule has 6 heteroatoms. The standard InChI is InChI=1S/C9H7ClN4S/c10-8-4-2-1-3-7(8)5-11-13-9-14-12-6-15-9/h1-6H,(H,13,14)/b11-5+. The number of anilines is 1. The molecular weight excluding hydrogens is 232 g/mol. The lowest BCUT2D eigenvalue weighted by molar-refractivity contribution is 1.08. The van der Waals surface area contributed by atoms with Crippen molar-refractivity contribution in [2.75, 3.05) is 5.43 Å². The number of benzene rings is 1. The number of hydrogen-bond acceptors (Lipinski definition) is 5. The van der Waals surface area contributed by atoms with Crippen molar-refractivity contribution in [3.63, 3.8) is 0 Å². The Morgan fingerprint density at radius 1 is 1.40 bits per heavy atom. The average molecular weight is 239 g/mol. The van der Waals surface area contributed by atoms with Crippen molar-refractivity contribution in [2.45, 2.75) is 0 Å². The van der Waals surface area contributed by atoms with E-state index in [1.807, 2.05) is 24.3 Å². The Labute approximate surface area is 95.6 Å². The molecule has 0 aliphatic carbocycles. The molecule has 15 heavy (non-hydrogen) atoms. The number of nitrogens with zero attached hydrogens (tertiary/aromatic N) is 3. The first-order chi connectivity index (χ1) is 7.36. The molecule has 0 saturated carbocycles. The minimum absolute atomic E-state index is 0.651. The van der Waals surface area contributed by atoms with E-state index in [4.69, 9.17) is 11.6 Å². The first-order valence-corrected chi connectivity index (χ1v) is 5.42. The van der Waals surface area contributed by atoms with E-state index in [1.54, 1.807) is 11.7 Å². The zero-order valence-corrected chi connectivity index (χ0v) is 9.16. The lowest BCUT2D eigenvalue weighted by Crippen LogP contribution is -1.90. The molecule has 1 heterocycles. The third-order valence-electron chi connectivity index (χ3n) is 1.63. The van der Waals surface area contributed by atoms with Gasteiger partial charge in [-0.15, -0.1) is 10.2 Å². The molecule has 1 aromatic heterocycles. The highest BCUT2D eigenvalue weighted by atomic mass is 35.5. The number of halogens is 1. The highest BCUT2D eigenvalue weighted by molar-refractivity contribution is 7.13. The number of aromatic nitrogens is 2. The molecular formula is C9H7ClN4S. The molecule has 2 aromatic rings. The fourth-order valence-electron chi connectivity index (χ4n) is 0.959. The van der Waals surface area contributed by atoms with Crippen LogP contribution >= 0.6 is 22.9 Å². The second-order valence-electron chi connectivity index (χ2n) is 2.64. The van der Waals surface area contributed by atoms with Crippen molar-refractivity contribution in [3.8, 4) is 0 Å². The summed E-state index contributed by atoms with van der Waals surface area (Å²) in [5, 5.41) is 12.8. The van der Waals surface area contributed by atoms with E-state index < -0.39 is 0 Å². The largest absolute Gasteiger partial charge is 0.251 e. The Bertz CT molecular complexity index is 455. The monoisotopic (exact) mass is 238 g/mol. The van der Waals surface area contributed by atoms with Gasteiger partial charge in [0.25, 0.3) is 0 Å². The van der Waals surface area contributed by atoms with Crippen molar-refractivity contribution in [3.05, 3.63) is 40.4 Å². The van der Waals surface area contributed by atoms with Crippen LogP contribution in [0.4, 0.5) is 5.13 Å². The van der Waals surface area contributed by atoms with Crippen LogP contribution in [0, 0.1) is 0 Å². The minimum atomic E-state index is 0.651. The van der Waals surface area contributed by atoms with Crippen molar-refractivity contribution in [1.29, 1.82) is 0 Å². The van der Waals surface area contributed by atoms with Gasteiger partial charge in [0.05, 0.1) is 6.21 Å². The van der Waals surface area contributed by atoms with Gasteiger partial charge in [0.1, 0.15) is 5.51 Å². The van der Waals surface area contributed by atoms with Crippen molar-refractivity contribution < 1.29 is 0 Å². The highest BCUT2D eigenvalue weighted by Gasteiger charge is 1.94. The van der Waals surface area contributed by atoms with Crippen LogP contribution in [-0.4, -0.2) is 16.4 Å². The van der Waals surface area contributed by atoms with Gasteiger partial charge in [0.2, 0.25) is 5.13 Å². The van der Waals surface area contributed by atoms with Gasteiger partial charge in [-0.05, 0) is 6.07 Å². The van der Waals surface area contributed by atoms with E-state index in [0.717, 1.165) is 5.56 Å². The molecule has 1 N–H and O–H groups in total. The molecule has 2 rings (SSSR count). The smallest absolute Gasteiger partial charge is 0.225 e. The van der Waals surface area contributed by atoms with E-state index in [2.05, 4.69) is 20.7 Å². The number of hydrazone groups is 1. The van der Waals surface area contributed by atoms with Gasteiger partial charge in [-0.1, -0.05) is 41.1 Å². The van der Waals surface area contributed by atoms with E-state index >= 15 is 0 Å². The van der Waals surface area contributed by atoms with Crippen molar-refractivity contribution >= 4 is 34.3 Å². The molecule has 0 amide bonds. The molecule has 0 saturated heterocycles. The lowest BCUT2D eigenvalue weighted by atomic mass is 10.2. The molecule has 0 unspecified atom stereocenters. The lowest BCUT2D eigenvalue weighted by Gasteiger charge is -1.95. The van der Waals surface area contributed by atoms with Crippen LogP contribution in [0.5, 0.6) is 0 Å². The Balaban J connectivity index is 2.03. The van der Waals surface area contributed by atoms with Gasteiger partial charge in [-0.2, -0.15) is 5.10 Å². The van der Waals surface area contributed by atoms with Crippen LogP contribution in [0.25, 0.3) is 0 Å². The minimum Gasteiger partial charge on any atom is -0.251 e. The molecule has 0 atom stereocenters. The summed E-state index contributed by atoms with van der Waals surface area (Å²) in [6.45, 7) is 0. The van der Waals surface area contributed by atoms with Crippen LogP contribution in [0.1, 0.15) is 5.56 Å². The second kappa shape index (κ2) is 4.86. The van der Waals surface area contributed by atoms with E-state index in [1.165, 1.54) is 11.3 Å². The van der Waals surface area contributed by atoms with Gasteiger partial charge in [0, 0.05) is 10.6 Å². The number of hydrogen-bond donors (Lipinski definition) is 1. The van der Waals surface area contributed by atoms with Gasteiger partial charge in [-0.3, -0.25) is 5.43 Å². The zero-order chi connectivity index (χ0) is 10.5. The molecule has 4 nitrogen and oxygen atoms in total. The van der Waals surface area contributed by atoms with E-state index in [0.29, 0.717) is 10.2 Å². The maximum atomic E-state index is 5.94. The summed E-state index contributed by atoms with van der Waals surface area (Å²) in [7, 11) is 0. The Morgan fingerprint density at radius 2 is 2.27 bits per heavy atom. The quantitative estimate of drug-likeness (QED) is 0.661. The maximum absolute atomic E-state index is 5.94. The molecule has 0 fully saturated rings. The van der Waals surface area contributed by atoms with Gasteiger partial charge in [-0.25, -0.2) is 0 Å². The average Bonchev–Trinajstić information content (AvgIpc) is 2.74. The van der Waals surface area contributed by atoms with Gasteiger partial charge in [0.15, 0.2) is 0 Å². The third kappa shape index (κ3) is 2.74. The van der Waals surface area contributed by atoms with Gasteiger partial charge < -0.3 is 0 Å². The van der Waals surface area contributed by atoms with Crippen LogP contribution in [0.3, 0.4) is 0 Å². The summed E-state index contributed by atoms with van der Waals surface area (Å²) >= 11 is 7.32. The summed E-state index contributed by atoms with van der Waals surface area (Å²) < 4.78 is 0. The summed E-state index contributed by atoms with van der Waals surface area (Å²) in [5.74, 6) is 0. The maximum Gasteiger partial charge on any atom is 0.225 e. The third-order valence-corrected chi connectivity index (χ3v) is 2.57. The fraction of sp³-hybridized carbons (Fsp3) is 0. The van der Waals surface area contributed by atoms with Crippen LogP contribution < -0.4 is 5.43 Å². The van der Waals surface area contributed by atoms with Crippen LogP contribution in [0.2, 0.25) is 5.02 Å². The molecule has 0 aliphatic rings.